The molecule has 0 spiro atoms. The standard InChI is InChI=1S/C48H33BrN2OS/c49-35-18-14-21-37(30-35)51(44-26-12-10-24-42(44)34-16-4-1-5-17-34)39-31-38(32-41(33-39)52-40-22-8-3-9-23-40)50(36-19-6-2-7-20-36)45-27-15-29-47-48(45)43-25-11-13-28-46(43)53-47/h1-33H. The molecule has 0 aliphatic carbocycles. The van der Waals surface area contributed by atoms with Crippen molar-refractivity contribution in [1.82, 2.24) is 0 Å². The van der Waals surface area contributed by atoms with Crippen LogP contribution in [0, 0.1) is 0 Å². The van der Waals surface area contributed by atoms with Crippen LogP contribution < -0.4 is 14.5 Å². The van der Waals surface area contributed by atoms with Gasteiger partial charge in [0.2, 0.25) is 0 Å². The van der Waals surface area contributed by atoms with E-state index in [2.05, 4.69) is 196 Å². The lowest BCUT2D eigenvalue weighted by atomic mass is 10.0. The maximum absolute atomic E-state index is 6.72. The van der Waals surface area contributed by atoms with E-state index in [-0.39, 0.29) is 0 Å². The zero-order valence-electron chi connectivity index (χ0n) is 28.6. The Morgan fingerprint density at radius 2 is 1.00 bits per heavy atom. The zero-order valence-corrected chi connectivity index (χ0v) is 31.0. The van der Waals surface area contributed by atoms with Gasteiger partial charge in [-0.3, -0.25) is 0 Å². The third kappa shape index (κ3) is 6.57. The first kappa shape index (κ1) is 32.7. The van der Waals surface area contributed by atoms with E-state index < -0.39 is 0 Å². The molecule has 0 aliphatic rings. The number of nitrogens with zero attached hydrogens (tertiary/aromatic N) is 2. The van der Waals surface area contributed by atoms with Crippen molar-refractivity contribution >= 4 is 81.6 Å². The number of ether oxygens (including phenoxy) is 1. The zero-order chi connectivity index (χ0) is 35.6. The molecule has 0 saturated heterocycles. The van der Waals surface area contributed by atoms with Gasteiger partial charge in [0.15, 0.2) is 0 Å². The molecule has 1 heterocycles. The summed E-state index contributed by atoms with van der Waals surface area (Å²) in [4.78, 5) is 4.70. The van der Waals surface area contributed by atoms with Crippen LogP contribution in [0.3, 0.4) is 0 Å². The fraction of sp³-hybridized carbons (Fsp3) is 0. The number of fused-ring (bicyclic) bond motifs is 3. The van der Waals surface area contributed by atoms with Crippen LogP contribution >= 0.6 is 27.3 Å². The molecule has 0 N–H and O–H groups in total. The van der Waals surface area contributed by atoms with Crippen molar-refractivity contribution in [1.29, 1.82) is 0 Å². The average molecular weight is 766 g/mol. The minimum absolute atomic E-state index is 0.726. The van der Waals surface area contributed by atoms with Gasteiger partial charge < -0.3 is 14.5 Å². The first-order valence-electron chi connectivity index (χ1n) is 17.5. The molecule has 1 aromatic heterocycles. The smallest absolute Gasteiger partial charge is 0.131 e. The molecule has 0 atom stereocenters. The highest BCUT2D eigenvalue weighted by Gasteiger charge is 2.23. The second-order valence-corrected chi connectivity index (χ2v) is 14.7. The van der Waals surface area contributed by atoms with Gasteiger partial charge in [-0.1, -0.05) is 131 Å². The molecule has 0 radical (unpaired) electrons. The lowest BCUT2D eigenvalue weighted by Crippen LogP contribution is -2.14. The molecule has 5 heteroatoms. The molecule has 9 rings (SSSR count). The summed E-state index contributed by atoms with van der Waals surface area (Å²) in [7, 11) is 0. The summed E-state index contributed by atoms with van der Waals surface area (Å²) in [6, 6.07) is 70.2. The monoisotopic (exact) mass is 764 g/mol. The molecule has 0 amide bonds. The van der Waals surface area contributed by atoms with Crippen molar-refractivity contribution in [2.24, 2.45) is 0 Å². The largest absolute Gasteiger partial charge is 0.457 e. The van der Waals surface area contributed by atoms with Gasteiger partial charge in [-0.05, 0) is 78.4 Å². The van der Waals surface area contributed by atoms with E-state index >= 15 is 0 Å². The Labute approximate surface area is 321 Å². The summed E-state index contributed by atoms with van der Waals surface area (Å²) in [6.45, 7) is 0. The van der Waals surface area contributed by atoms with E-state index in [4.69, 9.17) is 4.74 Å². The number of thiophene rings is 1. The summed E-state index contributed by atoms with van der Waals surface area (Å²) in [5.74, 6) is 1.50. The molecule has 0 aliphatic heterocycles. The highest BCUT2D eigenvalue weighted by molar-refractivity contribution is 9.10. The van der Waals surface area contributed by atoms with E-state index in [0.29, 0.717) is 0 Å². The molecule has 3 nitrogen and oxygen atoms in total. The van der Waals surface area contributed by atoms with Crippen molar-refractivity contribution in [3.8, 4) is 22.6 Å². The maximum atomic E-state index is 6.72. The normalized spacial score (nSPS) is 11.1. The second-order valence-electron chi connectivity index (χ2n) is 12.7. The van der Waals surface area contributed by atoms with E-state index in [9.17, 15) is 0 Å². The highest BCUT2D eigenvalue weighted by Crippen LogP contribution is 2.49. The van der Waals surface area contributed by atoms with E-state index in [1.54, 1.807) is 0 Å². The Morgan fingerprint density at radius 3 is 1.77 bits per heavy atom. The predicted molar refractivity (Wildman–Crippen MR) is 228 cm³/mol. The van der Waals surface area contributed by atoms with E-state index in [0.717, 1.165) is 61.2 Å². The van der Waals surface area contributed by atoms with Crippen LogP contribution in [0.2, 0.25) is 0 Å². The summed E-state index contributed by atoms with van der Waals surface area (Å²) in [6.07, 6.45) is 0. The molecule has 9 aromatic rings. The number of benzene rings is 8. The Bertz CT molecular complexity index is 2680. The molecule has 53 heavy (non-hydrogen) atoms. The molecular formula is C48H33BrN2OS. The van der Waals surface area contributed by atoms with Gasteiger partial charge in [0.25, 0.3) is 0 Å². The molecule has 0 fully saturated rings. The maximum Gasteiger partial charge on any atom is 0.131 e. The molecule has 254 valence electrons. The third-order valence-corrected chi connectivity index (χ3v) is 10.9. The highest BCUT2D eigenvalue weighted by atomic mass is 79.9. The lowest BCUT2D eigenvalue weighted by molar-refractivity contribution is 0.483. The molecular weight excluding hydrogens is 733 g/mol. The van der Waals surface area contributed by atoms with Crippen LogP contribution in [0.25, 0.3) is 31.3 Å². The Hall–Kier alpha value is -6.14. The van der Waals surface area contributed by atoms with Crippen molar-refractivity contribution in [3.63, 3.8) is 0 Å². The van der Waals surface area contributed by atoms with Gasteiger partial charge in [0, 0.05) is 53.7 Å². The van der Waals surface area contributed by atoms with Gasteiger partial charge in [-0.15, -0.1) is 11.3 Å². The van der Waals surface area contributed by atoms with Gasteiger partial charge >= 0.3 is 0 Å². The Balaban J connectivity index is 1.33. The number of rotatable bonds is 9. The van der Waals surface area contributed by atoms with Gasteiger partial charge in [0.1, 0.15) is 11.5 Å². The first-order chi connectivity index (χ1) is 26.2. The molecule has 0 bridgehead atoms. The van der Waals surface area contributed by atoms with Crippen LogP contribution in [0.4, 0.5) is 34.1 Å². The van der Waals surface area contributed by atoms with Crippen LogP contribution in [-0.4, -0.2) is 0 Å². The molecule has 8 aromatic carbocycles. The third-order valence-electron chi connectivity index (χ3n) is 9.30. The molecule has 0 unspecified atom stereocenters. The number of para-hydroxylation sites is 3. The number of halogens is 1. The van der Waals surface area contributed by atoms with Crippen molar-refractivity contribution < 1.29 is 4.74 Å². The fourth-order valence-electron chi connectivity index (χ4n) is 7.03. The second kappa shape index (κ2) is 14.5. The SMILES string of the molecule is Brc1cccc(N(c2cc(Oc3ccccc3)cc(N(c3ccccc3)c3cccc4sc5ccccc5c34)c2)c2ccccc2-c2ccccc2)c1. The number of hydrogen-bond acceptors (Lipinski definition) is 4. The van der Waals surface area contributed by atoms with Crippen molar-refractivity contribution in [2.45, 2.75) is 0 Å². The summed E-state index contributed by atoms with van der Waals surface area (Å²) < 4.78 is 10.2. The quantitative estimate of drug-likeness (QED) is 0.146. The van der Waals surface area contributed by atoms with Gasteiger partial charge in [-0.2, -0.15) is 0 Å². The predicted octanol–water partition coefficient (Wildman–Crippen LogP) is 15.2. The van der Waals surface area contributed by atoms with Crippen molar-refractivity contribution in [2.75, 3.05) is 9.80 Å². The van der Waals surface area contributed by atoms with Crippen LogP contribution in [0.15, 0.2) is 205 Å². The summed E-state index contributed by atoms with van der Waals surface area (Å²) in [5.41, 5.74) is 8.42. The van der Waals surface area contributed by atoms with Crippen LogP contribution in [-0.2, 0) is 0 Å². The topological polar surface area (TPSA) is 15.7 Å². The van der Waals surface area contributed by atoms with Crippen LogP contribution in [0.1, 0.15) is 0 Å². The number of anilines is 6. The number of hydrogen-bond donors (Lipinski definition) is 0. The average Bonchev–Trinajstić information content (AvgIpc) is 3.59. The minimum Gasteiger partial charge on any atom is -0.457 e. The first-order valence-corrected chi connectivity index (χ1v) is 19.1. The van der Waals surface area contributed by atoms with Gasteiger partial charge in [0.05, 0.1) is 22.7 Å². The molecule has 0 saturated carbocycles. The fourth-order valence-corrected chi connectivity index (χ4v) is 8.54. The van der Waals surface area contributed by atoms with Gasteiger partial charge in [-0.25, -0.2) is 0 Å². The Kier molecular flexibility index (Phi) is 8.94. The Morgan fingerprint density at radius 1 is 0.415 bits per heavy atom. The van der Waals surface area contributed by atoms with Crippen LogP contribution in [0.5, 0.6) is 11.5 Å². The summed E-state index contributed by atoms with van der Waals surface area (Å²) in [5, 5.41) is 2.47. The van der Waals surface area contributed by atoms with E-state index in [1.165, 1.54) is 20.2 Å². The minimum atomic E-state index is 0.726. The summed E-state index contributed by atoms with van der Waals surface area (Å²) >= 11 is 5.60. The lowest BCUT2D eigenvalue weighted by Gasteiger charge is -2.31. The van der Waals surface area contributed by atoms with E-state index in [1.807, 2.05) is 41.7 Å². The van der Waals surface area contributed by atoms with Crippen molar-refractivity contribution in [3.05, 3.63) is 205 Å².